The van der Waals surface area contributed by atoms with Gasteiger partial charge in [-0.25, -0.2) is 18.6 Å². The number of hydrogen-bond acceptors (Lipinski definition) is 3. The fraction of sp³-hybridized carbons (Fsp3) is 0.684. The molecule has 0 spiro atoms. The van der Waals surface area contributed by atoms with Crippen molar-refractivity contribution in [3.63, 3.8) is 0 Å². The van der Waals surface area contributed by atoms with Gasteiger partial charge in [-0.3, -0.25) is 0 Å². The van der Waals surface area contributed by atoms with E-state index in [9.17, 15) is 13.6 Å². The van der Waals surface area contributed by atoms with Crippen molar-refractivity contribution in [1.82, 2.24) is 9.88 Å². The van der Waals surface area contributed by atoms with Gasteiger partial charge in [0, 0.05) is 18.7 Å². The van der Waals surface area contributed by atoms with Crippen LogP contribution in [0.1, 0.15) is 58.7 Å². The Balaban J connectivity index is 2.02. The fourth-order valence-corrected chi connectivity index (χ4v) is 3.48. The van der Waals surface area contributed by atoms with Gasteiger partial charge in [0.1, 0.15) is 15.9 Å². The molecule has 26 heavy (non-hydrogen) atoms. The molecule has 1 aromatic heterocycles. The monoisotopic (exact) mass is 432 g/mol. The third-order valence-electron chi connectivity index (χ3n) is 4.38. The fourth-order valence-electron chi connectivity index (χ4n) is 3.04. The second kappa shape index (κ2) is 7.79. The predicted octanol–water partition coefficient (Wildman–Crippen LogP) is 5.38. The lowest BCUT2D eigenvalue weighted by molar-refractivity contribution is 0.0183. The number of nitrogens with zero attached hydrogens (tertiary/aromatic N) is 2. The van der Waals surface area contributed by atoms with Crippen molar-refractivity contribution in [3.8, 4) is 0 Å². The maximum absolute atomic E-state index is 14.7. The first kappa shape index (κ1) is 21.1. The molecule has 0 aromatic carbocycles. The molecule has 1 aliphatic rings. The zero-order valence-corrected chi connectivity index (χ0v) is 17.6. The van der Waals surface area contributed by atoms with Crippen molar-refractivity contribution in [1.29, 1.82) is 0 Å². The van der Waals surface area contributed by atoms with Crippen molar-refractivity contribution in [2.24, 2.45) is 5.92 Å². The third kappa shape index (κ3) is 5.63. The smallest absolute Gasteiger partial charge is 0.410 e. The Morgan fingerprint density at radius 3 is 2.38 bits per heavy atom. The van der Waals surface area contributed by atoms with Crippen LogP contribution in [0, 0.1) is 11.7 Å². The van der Waals surface area contributed by atoms with E-state index in [1.54, 1.807) is 4.90 Å². The van der Waals surface area contributed by atoms with E-state index in [1.807, 2.05) is 20.8 Å². The summed E-state index contributed by atoms with van der Waals surface area (Å²) in [5, 5.41) is 0. The highest BCUT2D eigenvalue weighted by Crippen LogP contribution is 2.32. The van der Waals surface area contributed by atoms with E-state index in [4.69, 9.17) is 4.74 Å². The summed E-state index contributed by atoms with van der Waals surface area (Å²) < 4.78 is 34.8. The SMILES string of the molecule is CC(C)(C)OC(=O)N1CCC(Cc2nc(Br)cc(C(C)(C)F)c2F)CC1. The van der Waals surface area contributed by atoms with E-state index in [0.717, 1.165) is 12.8 Å². The molecule has 1 saturated heterocycles. The van der Waals surface area contributed by atoms with Crippen LogP contribution in [-0.2, 0) is 16.8 Å². The number of amides is 1. The van der Waals surface area contributed by atoms with Crippen LogP contribution in [0.5, 0.6) is 0 Å². The lowest BCUT2D eigenvalue weighted by atomic mass is 9.90. The quantitative estimate of drug-likeness (QED) is 0.602. The lowest BCUT2D eigenvalue weighted by Crippen LogP contribution is -2.42. The second-order valence-corrected chi connectivity index (χ2v) is 9.15. The van der Waals surface area contributed by atoms with Crippen LogP contribution in [0.4, 0.5) is 13.6 Å². The first-order valence-corrected chi connectivity index (χ1v) is 9.68. The Hall–Kier alpha value is -1.24. The van der Waals surface area contributed by atoms with Crippen molar-refractivity contribution in [2.45, 2.75) is 65.2 Å². The largest absolute Gasteiger partial charge is 0.444 e. The van der Waals surface area contributed by atoms with E-state index in [0.29, 0.717) is 24.1 Å². The Morgan fingerprint density at radius 1 is 1.31 bits per heavy atom. The highest BCUT2D eigenvalue weighted by Gasteiger charge is 2.30. The number of hydrogen-bond donors (Lipinski definition) is 0. The molecule has 0 atom stereocenters. The molecule has 1 aromatic rings. The molecule has 146 valence electrons. The average Bonchev–Trinajstić information content (AvgIpc) is 2.48. The first-order valence-electron chi connectivity index (χ1n) is 8.89. The molecular weight excluding hydrogens is 406 g/mol. The lowest BCUT2D eigenvalue weighted by Gasteiger charge is -2.33. The molecule has 0 bridgehead atoms. The van der Waals surface area contributed by atoms with Gasteiger partial charge in [0.05, 0.1) is 5.69 Å². The van der Waals surface area contributed by atoms with E-state index < -0.39 is 17.1 Å². The van der Waals surface area contributed by atoms with Crippen molar-refractivity contribution >= 4 is 22.0 Å². The highest BCUT2D eigenvalue weighted by molar-refractivity contribution is 9.10. The summed E-state index contributed by atoms with van der Waals surface area (Å²) in [6, 6.07) is 1.39. The molecule has 7 heteroatoms. The van der Waals surface area contributed by atoms with E-state index in [-0.39, 0.29) is 23.3 Å². The van der Waals surface area contributed by atoms with Crippen LogP contribution in [0.3, 0.4) is 0 Å². The number of carbonyl (C=O) groups is 1. The molecule has 0 aliphatic carbocycles. The van der Waals surface area contributed by atoms with Gasteiger partial charge in [0.25, 0.3) is 0 Å². The number of pyridine rings is 1. The zero-order chi connectivity index (χ0) is 19.7. The number of alkyl halides is 1. The Kier molecular flexibility index (Phi) is 6.31. The topological polar surface area (TPSA) is 42.4 Å². The summed E-state index contributed by atoms with van der Waals surface area (Å²) in [4.78, 5) is 18.0. The molecule has 1 aliphatic heterocycles. The van der Waals surface area contributed by atoms with Crippen molar-refractivity contribution in [3.05, 3.63) is 27.7 Å². The molecule has 2 heterocycles. The van der Waals surface area contributed by atoms with Crippen LogP contribution in [-0.4, -0.2) is 34.7 Å². The molecule has 1 fully saturated rings. The molecular formula is C19H27BrF2N2O2. The van der Waals surface area contributed by atoms with Gasteiger partial charge < -0.3 is 9.64 Å². The molecule has 0 saturated carbocycles. The number of likely N-dealkylation sites (tertiary alicyclic amines) is 1. The minimum Gasteiger partial charge on any atom is -0.444 e. The highest BCUT2D eigenvalue weighted by atomic mass is 79.9. The van der Waals surface area contributed by atoms with Gasteiger partial charge in [0.2, 0.25) is 0 Å². The maximum Gasteiger partial charge on any atom is 0.410 e. The summed E-state index contributed by atoms with van der Waals surface area (Å²) in [5.74, 6) is -0.379. The normalized spacial score (nSPS) is 16.7. The molecule has 4 nitrogen and oxygen atoms in total. The number of carbonyl (C=O) groups excluding carboxylic acids is 1. The number of ether oxygens (including phenoxy) is 1. The third-order valence-corrected chi connectivity index (χ3v) is 4.79. The van der Waals surface area contributed by atoms with Crippen molar-refractivity contribution < 1.29 is 18.3 Å². The van der Waals surface area contributed by atoms with Crippen LogP contribution >= 0.6 is 15.9 Å². The second-order valence-electron chi connectivity index (χ2n) is 8.34. The van der Waals surface area contributed by atoms with E-state index >= 15 is 0 Å². The number of piperidine rings is 1. The summed E-state index contributed by atoms with van der Waals surface area (Å²) in [6.45, 7) is 9.31. The van der Waals surface area contributed by atoms with E-state index in [2.05, 4.69) is 20.9 Å². The molecule has 1 amide bonds. The van der Waals surface area contributed by atoms with Crippen molar-refractivity contribution in [2.75, 3.05) is 13.1 Å². The van der Waals surface area contributed by atoms with Crippen LogP contribution in [0.2, 0.25) is 0 Å². The van der Waals surface area contributed by atoms with Gasteiger partial charge in [-0.1, -0.05) is 0 Å². The Morgan fingerprint density at radius 2 is 1.88 bits per heavy atom. The zero-order valence-electron chi connectivity index (χ0n) is 16.0. The minimum absolute atomic E-state index is 0.0144. The van der Waals surface area contributed by atoms with Crippen LogP contribution < -0.4 is 0 Å². The van der Waals surface area contributed by atoms with Gasteiger partial charge in [-0.15, -0.1) is 0 Å². The molecule has 2 rings (SSSR count). The first-order chi connectivity index (χ1) is 11.9. The summed E-state index contributed by atoms with van der Waals surface area (Å²) in [6.07, 6.45) is 1.59. The number of halogens is 3. The predicted molar refractivity (Wildman–Crippen MR) is 100 cm³/mol. The van der Waals surface area contributed by atoms with Gasteiger partial charge in [-0.2, -0.15) is 0 Å². The summed E-state index contributed by atoms with van der Waals surface area (Å²) in [5.41, 5.74) is -2.01. The average molecular weight is 433 g/mol. The van der Waals surface area contributed by atoms with Gasteiger partial charge in [0.15, 0.2) is 5.82 Å². The molecule has 0 radical (unpaired) electrons. The minimum atomic E-state index is -1.77. The standard InChI is InChI=1S/C19H27BrF2N2O2/c1-18(2,3)26-17(25)24-8-6-12(7-9-24)10-14-16(21)13(19(4,5)22)11-15(20)23-14/h11-12H,6-10H2,1-5H3. The van der Waals surface area contributed by atoms with Gasteiger partial charge in [-0.05, 0) is 81.8 Å². The summed E-state index contributed by atoms with van der Waals surface area (Å²) >= 11 is 3.25. The molecule has 0 unspecified atom stereocenters. The Labute approximate surface area is 162 Å². The van der Waals surface area contributed by atoms with E-state index in [1.165, 1.54) is 19.9 Å². The molecule has 0 N–H and O–H groups in total. The maximum atomic E-state index is 14.7. The van der Waals surface area contributed by atoms with Gasteiger partial charge >= 0.3 is 6.09 Å². The number of rotatable bonds is 3. The van der Waals surface area contributed by atoms with Crippen LogP contribution in [0.25, 0.3) is 0 Å². The van der Waals surface area contributed by atoms with Crippen LogP contribution in [0.15, 0.2) is 10.7 Å². The Bertz CT molecular complexity index is 661. The number of aromatic nitrogens is 1. The summed E-state index contributed by atoms with van der Waals surface area (Å²) in [7, 11) is 0.